The molecule has 0 rings (SSSR count). The highest BCUT2D eigenvalue weighted by atomic mass is 35.5. The molecule has 7 heavy (non-hydrogen) atoms. The zero-order valence-corrected chi connectivity index (χ0v) is 5.37. The standard InChI is InChI=1S/C6H9Cl/c1-3-4-6(2)5-7/h3-5H,1-2H3/b4-3-,6-5-. The molecule has 0 aromatic carbocycles. The van der Waals surface area contributed by atoms with Crippen LogP contribution >= 0.6 is 11.6 Å². The lowest BCUT2D eigenvalue weighted by atomic mass is 10.3. The van der Waals surface area contributed by atoms with E-state index in [1.54, 1.807) is 5.54 Å². The van der Waals surface area contributed by atoms with Gasteiger partial charge in [-0.25, -0.2) is 0 Å². The first-order valence-corrected chi connectivity index (χ1v) is 2.64. The van der Waals surface area contributed by atoms with E-state index in [1.807, 2.05) is 26.0 Å². The summed E-state index contributed by atoms with van der Waals surface area (Å²) in [6.07, 6.45) is 3.90. The van der Waals surface area contributed by atoms with Gasteiger partial charge in [0.05, 0.1) is 0 Å². The molecule has 40 valence electrons. The van der Waals surface area contributed by atoms with Crippen LogP contribution in [0.2, 0.25) is 0 Å². The second-order valence-electron chi connectivity index (χ2n) is 1.35. The molecule has 0 heterocycles. The summed E-state index contributed by atoms with van der Waals surface area (Å²) >= 11 is 5.32. The normalized spacial score (nSPS) is 13.3. The van der Waals surface area contributed by atoms with Crippen molar-refractivity contribution < 1.29 is 0 Å². The van der Waals surface area contributed by atoms with Gasteiger partial charge in [0, 0.05) is 5.54 Å². The van der Waals surface area contributed by atoms with Gasteiger partial charge in [0.1, 0.15) is 0 Å². The fourth-order valence-electron chi connectivity index (χ4n) is 0.299. The van der Waals surface area contributed by atoms with Gasteiger partial charge in [-0.15, -0.1) is 0 Å². The van der Waals surface area contributed by atoms with Gasteiger partial charge < -0.3 is 0 Å². The zero-order valence-electron chi connectivity index (χ0n) is 4.61. The van der Waals surface area contributed by atoms with E-state index in [1.165, 1.54) is 0 Å². The van der Waals surface area contributed by atoms with Crippen LogP contribution in [0.1, 0.15) is 13.8 Å². The maximum absolute atomic E-state index is 5.32. The van der Waals surface area contributed by atoms with Gasteiger partial charge in [-0.2, -0.15) is 0 Å². The second kappa shape index (κ2) is 3.94. The third kappa shape index (κ3) is 3.60. The van der Waals surface area contributed by atoms with Gasteiger partial charge in [0.2, 0.25) is 0 Å². The van der Waals surface area contributed by atoms with Crippen LogP contribution in [0.15, 0.2) is 23.3 Å². The Labute approximate surface area is 49.5 Å². The maximum atomic E-state index is 5.32. The van der Waals surface area contributed by atoms with Crippen molar-refractivity contribution in [2.24, 2.45) is 0 Å². The molecule has 0 saturated heterocycles. The number of allylic oxidation sites excluding steroid dienone is 3. The highest BCUT2D eigenvalue weighted by Crippen LogP contribution is 1.95. The lowest BCUT2D eigenvalue weighted by Crippen LogP contribution is -1.58. The number of halogens is 1. The molecule has 0 aliphatic heterocycles. The molecule has 0 radical (unpaired) electrons. The third-order valence-corrected chi connectivity index (χ3v) is 0.946. The van der Waals surface area contributed by atoms with Crippen LogP contribution in [-0.4, -0.2) is 0 Å². The number of rotatable bonds is 1. The zero-order chi connectivity index (χ0) is 5.70. The van der Waals surface area contributed by atoms with E-state index in [-0.39, 0.29) is 0 Å². The minimum atomic E-state index is 1.09. The second-order valence-corrected chi connectivity index (χ2v) is 1.57. The summed E-state index contributed by atoms with van der Waals surface area (Å²) in [5.41, 5.74) is 2.64. The van der Waals surface area contributed by atoms with E-state index in [4.69, 9.17) is 11.6 Å². The van der Waals surface area contributed by atoms with Gasteiger partial charge in [-0.1, -0.05) is 23.8 Å². The van der Waals surface area contributed by atoms with Crippen LogP contribution in [0.25, 0.3) is 0 Å². The van der Waals surface area contributed by atoms with Crippen LogP contribution in [0.5, 0.6) is 0 Å². The predicted molar refractivity (Wildman–Crippen MR) is 34.4 cm³/mol. The maximum Gasteiger partial charge on any atom is 0.00716 e. The molecule has 0 atom stereocenters. The summed E-state index contributed by atoms with van der Waals surface area (Å²) in [5.74, 6) is 0. The molecule has 0 aliphatic rings. The van der Waals surface area contributed by atoms with Crippen molar-refractivity contribution in [3.63, 3.8) is 0 Å². The van der Waals surface area contributed by atoms with Crippen molar-refractivity contribution in [2.75, 3.05) is 0 Å². The van der Waals surface area contributed by atoms with E-state index >= 15 is 0 Å². The largest absolute Gasteiger partial charge is 0.0927 e. The summed E-state index contributed by atoms with van der Waals surface area (Å²) in [5, 5.41) is 0. The average molecular weight is 117 g/mol. The monoisotopic (exact) mass is 116 g/mol. The molecule has 0 unspecified atom stereocenters. The van der Waals surface area contributed by atoms with Crippen molar-refractivity contribution >= 4 is 11.6 Å². The molecule has 0 aromatic heterocycles. The Bertz CT molecular complexity index is 90.4. The molecule has 0 nitrogen and oxygen atoms in total. The minimum absolute atomic E-state index is 1.09. The van der Waals surface area contributed by atoms with Crippen molar-refractivity contribution in [2.45, 2.75) is 13.8 Å². The quantitative estimate of drug-likeness (QED) is 0.462. The lowest BCUT2D eigenvalue weighted by Gasteiger charge is -1.79. The summed E-state index contributed by atoms with van der Waals surface area (Å²) in [4.78, 5) is 0. The first-order chi connectivity index (χ1) is 3.31. The van der Waals surface area contributed by atoms with Crippen LogP contribution in [-0.2, 0) is 0 Å². The smallest absolute Gasteiger partial charge is 0.00716 e. The molecular formula is C6H9Cl. The molecule has 0 saturated carbocycles. The Morgan fingerprint density at radius 2 is 2.14 bits per heavy atom. The Morgan fingerprint density at radius 3 is 2.29 bits per heavy atom. The topological polar surface area (TPSA) is 0 Å². The Hall–Kier alpha value is -0.230. The predicted octanol–water partition coefficient (Wildman–Crippen LogP) is 2.71. The van der Waals surface area contributed by atoms with Crippen LogP contribution in [0.3, 0.4) is 0 Å². The number of hydrogen-bond acceptors (Lipinski definition) is 0. The molecule has 1 heteroatoms. The van der Waals surface area contributed by atoms with Gasteiger partial charge >= 0.3 is 0 Å². The lowest BCUT2D eigenvalue weighted by molar-refractivity contribution is 1.53. The van der Waals surface area contributed by atoms with Crippen molar-refractivity contribution in [3.05, 3.63) is 23.3 Å². The molecule has 0 bridgehead atoms. The van der Waals surface area contributed by atoms with E-state index in [2.05, 4.69) is 0 Å². The van der Waals surface area contributed by atoms with Crippen molar-refractivity contribution in [3.8, 4) is 0 Å². The molecular weight excluding hydrogens is 108 g/mol. The van der Waals surface area contributed by atoms with Crippen molar-refractivity contribution in [1.29, 1.82) is 0 Å². The Morgan fingerprint density at radius 1 is 1.57 bits per heavy atom. The van der Waals surface area contributed by atoms with Gasteiger partial charge in [0.25, 0.3) is 0 Å². The van der Waals surface area contributed by atoms with Crippen LogP contribution < -0.4 is 0 Å². The first-order valence-electron chi connectivity index (χ1n) is 2.21. The summed E-state index contributed by atoms with van der Waals surface area (Å²) < 4.78 is 0. The van der Waals surface area contributed by atoms with E-state index < -0.39 is 0 Å². The first kappa shape index (κ1) is 6.77. The highest BCUT2D eigenvalue weighted by molar-refractivity contribution is 6.25. The molecule has 0 aromatic rings. The summed E-state index contributed by atoms with van der Waals surface area (Å²) in [6, 6.07) is 0. The van der Waals surface area contributed by atoms with Crippen LogP contribution in [0, 0.1) is 0 Å². The third-order valence-electron chi connectivity index (χ3n) is 0.602. The molecule has 0 amide bonds. The van der Waals surface area contributed by atoms with Gasteiger partial charge in [-0.05, 0) is 19.4 Å². The van der Waals surface area contributed by atoms with E-state index in [0.717, 1.165) is 5.57 Å². The summed E-state index contributed by atoms with van der Waals surface area (Å²) in [7, 11) is 0. The van der Waals surface area contributed by atoms with Gasteiger partial charge in [-0.3, -0.25) is 0 Å². The summed E-state index contributed by atoms with van der Waals surface area (Å²) in [6.45, 7) is 3.91. The molecule has 0 N–H and O–H groups in total. The Kier molecular flexibility index (Phi) is 3.81. The highest BCUT2D eigenvalue weighted by Gasteiger charge is 1.71. The van der Waals surface area contributed by atoms with Crippen LogP contribution in [0.4, 0.5) is 0 Å². The SMILES string of the molecule is C/C=C\C(C)=C/Cl. The van der Waals surface area contributed by atoms with Crippen molar-refractivity contribution in [1.82, 2.24) is 0 Å². The fourth-order valence-corrected chi connectivity index (χ4v) is 0.372. The van der Waals surface area contributed by atoms with Gasteiger partial charge in [0.15, 0.2) is 0 Å². The Balaban J connectivity index is 3.58. The molecule has 0 aliphatic carbocycles. The molecule has 0 fully saturated rings. The van der Waals surface area contributed by atoms with E-state index in [9.17, 15) is 0 Å². The average Bonchev–Trinajstić information content (AvgIpc) is 1.68. The molecule has 0 spiro atoms. The fraction of sp³-hybridized carbons (Fsp3) is 0.333. The minimum Gasteiger partial charge on any atom is -0.0927 e. The van der Waals surface area contributed by atoms with E-state index in [0.29, 0.717) is 0 Å². The number of hydrogen-bond donors (Lipinski definition) is 0.